The SMILES string of the molecule is Cc1c(F)ccc(C#N)c1C(=O)O. The second kappa shape index (κ2) is 3.23. The van der Waals surface area contributed by atoms with Gasteiger partial charge in [0.05, 0.1) is 11.1 Å². The Morgan fingerprint density at radius 2 is 2.23 bits per heavy atom. The lowest BCUT2D eigenvalue weighted by Crippen LogP contribution is -2.05. The minimum atomic E-state index is -1.28. The van der Waals surface area contributed by atoms with Crippen molar-refractivity contribution in [2.75, 3.05) is 0 Å². The fourth-order valence-corrected chi connectivity index (χ4v) is 1.06. The Labute approximate surface area is 74.0 Å². The maximum atomic E-state index is 12.9. The van der Waals surface area contributed by atoms with Gasteiger partial charge in [-0.25, -0.2) is 9.18 Å². The molecule has 0 radical (unpaired) electrons. The fraction of sp³-hybridized carbons (Fsp3) is 0.111. The molecule has 0 fully saturated rings. The maximum Gasteiger partial charge on any atom is 0.337 e. The predicted octanol–water partition coefficient (Wildman–Crippen LogP) is 1.70. The average Bonchev–Trinajstić information content (AvgIpc) is 2.08. The largest absolute Gasteiger partial charge is 0.478 e. The predicted molar refractivity (Wildman–Crippen MR) is 42.8 cm³/mol. The van der Waals surface area contributed by atoms with Crippen LogP contribution in [-0.4, -0.2) is 11.1 Å². The van der Waals surface area contributed by atoms with Crippen LogP contribution in [0.3, 0.4) is 0 Å². The van der Waals surface area contributed by atoms with E-state index in [1.165, 1.54) is 6.92 Å². The van der Waals surface area contributed by atoms with Crippen molar-refractivity contribution in [1.29, 1.82) is 5.26 Å². The van der Waals surface area contributed by atoms with Gasteiger partial charge in [-0.3, -0.25) is 0 Å². The highest BCUT2D eigenvalue weighted by molar-refractivity contribution is 5.92. The molecule has 0 aliphatic heterocycles. The molecule has 0 saturated heterocycles. The molecular weight excluding hydrogens is 173 g/mol. The van der Waals surface area contributed by atoms with Crippen LogP contribution >= 0.6 is 0 Å². The standard InChI is InChI=1S/C9H6FNO2/c1-5-7(10)3-2-6(4-11)8(5)9(12)13/h2-3H,1H3,(H,12,13). The molecule has 66 valence electrons. The zero-order valence-electron chi connectivity index (χ0n) is 6.84. The first kappa shape index (κ1) is 9.20. The highest BCUT2D eigenvalue weighted by atomic mass is 19.1. The summed E-state index contributed by atoms with van der Waals surface area (Å²) < 4.78 is 12.9. The van der Waals surface area contributed by atoms with Gasteiger partial charge in [-0.15, -0.1) is 0 Å². The molecule has 1 rings (SSSR count). The highest BCUT2D eigenvalue weighted by Crippen LogP contribution is 2.16. The van der Waals surface area contributed by atoms with Crippen LogP contribution in [0.25, 0.3) is 0 Å². The van der Waals surface area contributed by atoms with Gasteiger partial charge in [0.1, 0.15) is 11.9 Å². The lowest BCUT2D eigenvalue weighted by Gasteiger charge is -2.03. The van der Waals surface area contributed by atoms with Gasteiger partial charge in [-0.05, 0) is 19.1 Å². The van der Waals surface area contributed by atoms with E-state index in [4.69, 9.17) is 10.4 Å². The summed E-state index contributed by atoms with van der Waals surface area (Å²) in [6, 6.07) is 3.94. The van der Waals surface area contributed by atoms with E-state index in [1.54, 1.807) is 6.07 Å². The first-order chi connectivity index (χ1) is 6.07. The van der Waals surface area contributed by atoms with Crippen molar-refractivity contribution in [1.82, 2.24) is 0 Å². The van der Waals surface area contributed by atoms with Gasteiger partial charge in [0.15, 0.2) is 0 Å². The molecule has 0 atom stereocenters. The summed E-state index contributed by atoms with van der Waals surface area (Å²) in [4.78, 5) is 10.6. The molecular formula is C9H6FNO2. The minimum Gasteiger partial charge on any atom is -0.478 e. The topological polar surface area (TPSA) is 61.1 Å². The molecule has 13 heavy (non-hydrogen) atoms. The number of rotatable bonds is 1. The monoisotopic (exact) mass is 179 g/mol. The zero-order valence-corrected chi connectivity index (χ0v) is 6.84. The number of benzene rings is 1. The third kappa shape index (κ3) is 1.49. The number of hydrogen-bond donors (Lipinski definition) is 1. The van der Waals surface area contributed by atoms with E-state index in [1.807, 2.05) is 0 Å². The number of aromatic carboxylic acids is 1. The molecule has 0 heterocycles. The molecule has 0 bridgehead atoms. The van der Waals surface area contributed by atoms with Gasteiger partial charge < -0.3 is 5.11 Å². The van der Waals surface area contributed by atoms with E-state index >= 15 is 0 Å². The van der Waals surface area contributed by atoms with Crippen LogP contribution in [0, 0.1) is 24.1 Å². The number of carbonyl (C=O) groups is 1. The molecule has 0 saturated carbocycles. The summed E-state index contributed by atoms with van der Waals surface area (Å²) in [6.45, 7) is 1.33. The van der Waals surface area contributed by atoms with Crippen molar-refractivity contribution in [3.63, 3.8) is 0 Å². The number of carboxylic acid groups (broad SMARTS) is 1. The van der Waals surface area contributed by atoms with E-state index in [-0.39, 0.29) is 16.7 Å². The van der Waals surface area contributed by atoms with Gasteiger partial charge >= 0.3 is 5.97 Å². The Morgan fingerprint density at radius 3 is 2.69 bits per heavy atom. The van der Waals surface area contributed by atoms with E-state index in [0.29, 0.717) is 0 Å². The van der Waals surface area contributed by atoms with E-state index in [2.05, 4.69) is 0 Å². The summed E-state index contributed by atoms with van der Waals surface area (Å²) in [7, 11) is 0. The van der Waals surface area contributed by atoms with Gasteiger partial charge in [0, 0.05) is 5.56 Å². The average molecular weight is 179 g/mol. The Morgan fingerprint density at radius 1 is 1.62 bits per heavy atom. The van der Waals surface area contributed by atoms with Gasteiger partial charge in [0.25, 0.3) is 0 Å². The maximum absolute atomic E-state index is 12.9. The molecule has 0 amide bonds. The molecule has 0 spiro atoms. The number of nitriles is 1. The molecule has 0 aliphatic carbocycles. The number of carboxylic acids is 1. The summed E-state index contributed by atoms with van der Waals surface area (Å²) in [5, 5.41) is 17.2. The van der Waals surface area contributed by atoms with Crippen LogP contribution in [0.4, 0.5) is 4.39 Å². The zero-order chi connectivity index (χ0) is 10.0. The molecule has 1 N–H and O–H groups in total. The minimum absolute atomic E-state index is 0.00782. The summed E-state index contributed by atoms with van der Waals surface area (Å²) in [5.41, 5.74) is -0.291. The van der Waals surface area contributed by atoms with Crippen LogP contribution in [0.2, 0.25) is 0 Å². The van der Waals surface area contributed by atoms with E-state index in [0.717, 1.165) is 12.1 Å². The van der Waals surface area contributed by atoms with E-state index < -0.39 is 11.8 Å². The van der Waals surface area contributed by atoms with Crippen molar-refractivity contribution in [2.45, 2.75) is 6.92 Å². The first-order valence-corrected chi connectivity index (χ1v) is 3.50. The Kier molecular flexibility index (Phi) is 2.29. The van der Waals surface area contributed by atoms with Crippen LogP contribution in [0.5, 0.6) is 0 Å². The number of nitrogens with zero attached hydrogens (tertiary/aromatic N) is 1. The molecule has 1 aromatic carbocycles. The Hall–Kier alpha value is -1.89. The van der Waals surface area contributed by atoms with E-state index in [9.17, 15) is 9.18 Å². The smallest absolute Gasteiger partial charge is 0.337 e. The van der Waals surface area contributed by atoms with Gasteiger partial charge in [-0.2, -0.15) is 5.26 Å². The second-order valence-corrected chi connectivity index (χ2v) is 2.51. The van der Waals surface area contributed by atoms with Crippen molar-refractivity contribution in [3.05, 3.63) is 34.6 Å². The molecule has 1 aromatic rings. The van der Waals surface area contributed by atoms with Crippen molar-refractivity contribution in [3.8, 4) is 6.07 Å². The van der Waals surface area contributed by atoms with Crippen LogP contribution in [-0.2, 0) is 0 Å². The third-order valence-corrected chi connectivity index (χ3v) is 1.73. The van der Waals surface area contributed by atoms with Crippen LogP contribution in [0.1, 0.15) is 21.5 Å². The molecule has 0 unspecified atom stereocenters. The fourth-order valence-electron chi connectivity index (χ4n) is 1.06. The second-order valence-electron chi connectivity index (χ2n) is 2.51. The Balaban J connectivity index is 3.53. The van der Waals surface area contributed by atoms with Crippen molar-refractivity contribution >= 4 is 5.97 Å². The number of hydrogen-bond acceptors (Lipinski definition) is 2. The van der Waals surface area contributed by atoms with Crippen molar-refractivity contribution < 1.29 is 14.3 Å². The van der Waals surface area contributed by atoms with Crippen LogP contribution < -0.4 is 0 Å². The molecule has 0 aliphatic rings. The third-order valence-electron chi connectivity index (χ3n) is 1.73. The highest BCUT2D eigenvalue weighted by Gasteiger charge is 2.15. The summed E-state index contributed by atoms with van der Waals surface area (Å²) in [6.07, 6.45) is 0. The lowest BCUT2D eigenvalue weighted by molar-refractivity contribution is 0.0695. The molecule has 3 nitrogen and oxygen atoms in total. The molecule has 4 heteroatoms. The number of halogens is 1. The van der Waals surface area contributed by atoms with Gasteiger partial charge in [-0.1, -0.05) is 0 Å². The first-order valence-electron chi connectivity index (χ1n) is 3.50. The summed E-state index contributed by atoms with van der Waals surface area (Å²) >= 11 is 0. The van der Waals surface area contributed by atoms with Crippen molar-refractivity contribution in [2.24, 2.45) is 0 Å². The van der Waals surface area contributed by atoms with Crippen LogP contribution in [0.15, 0.2) is 12.1 Å². The quantitative estimate of drug-likeness (QED) is 0.713. The molecule has 0 aromatic heterocycles. The summed E-state index contributed by atoms with van der Waals surface area (Å²) in [5.74, 6) is -1.90. The normalized spacial score (nSPS) is 9.31. The Bertz CT molecular complexity index is 407. The van der Waals surface area contributed by atoms with Gasteiger partial charge in [0.2, 0.25) is 0 Å². The lowest BCUT2D eigenvalue weighted by atomic mass is 10.0.